The number of aromatic nitrogens is 2. The fraction of sp³-hybridized carbons (Fsp3) is 0.211. The van der Waals surface area contributed by atoms with Crippen molar-refractivity contribution >= 4 is 32.8 Å². The zero-order valence-electron chi connectivity index (χ0n) is 13.4. The highest BCUT2D eigenvalue weighted by Gasteiger charge is 2.12. The summed E-state index contributed by atoms with van der Waals surface area (Å²) in [6.07, 6.45) is -0.850. The molecule has 1 unspecified atom stereocenters. The third kappa shape index (κ3) is 2.21. The van der Waals surface area contributed by atoms with Crippen LogP contribution in [0.15, 0.2) is 53.5 Å². The van der Waals surface area contributed by atoms with E-state index in [-0.39, 0.29) is 13.2 Å². The second-order valence-electron chi connectivity index (χ2n) is 6.00. The summed E-state index contributed by atoms with van der Waals surface area (Å²) in [5.74, 6) is 0. The third-order valence-corrected chi connectivity index (χ3v) is 4.44. The number of nitrogens with zero attached hydrogens (tertiary/aromatic N) is 2. The summed E-state index contributed by atoms with van der Waals surface area (Å²) in [7, 11) is 2.05. The van der Waals surface area contributed by atoms with E-state index in [1.165, 1.54) is 0 Å². The van der Waals surface area contributed by atoms with Crippen molar-refractivity contribution in [1.82, 2.24) is 9.55 Å². The quantitative estimate of drug-likeness (QED) is 0.540. The van der Waals surface area contributed by atoms with Crippen LogP contribution in [-0.4, -0.2) is 39.0 Å². The third-order valence-electron chi connectivity index (χ3n) is 4.44. The fourth-order valence-electron chi connectivity index (χ4n) is 3.29. The van der Waals surface area contributed by atoms with Gasteiger partial charge in [0.05, 0.1) is 41.2 Å². The summed E-state index contributed by atoms with van der Waals surface area (Å²) in [4.78, 5) is 8.08. The lowest BCUT2D eigenvalue weighted by atomic mass is 10.1. The fourth-order valence-corrected chi connectivity index (χ4v) is 3.29. The largest absolute Gasteiger partial charge is 0.394 e. The summed E-state index contributed by atoms with van der Waals surface area (Å²) in [5.41, 5.74) is 4.16. The van der Waals surface area contributed by atoms with E-state index in [0.717, 1.165) is 38.2 Å². The van der Waals surface area contributed by atoms with Crippen LogP contribution in [0.5, 0.6) is 0 Å². The average molecular weight is 321 g/mol. The summed E-state index contributed by atoms with van der Waals surface area (Å²) < 4.78 is 2.17. The lowest BCUT2D eigenvalue weighted by Crippen LogP contribution is -2.19. The summed E-state index contributed by atoms with van der Waals surface area (Å²) >= 11 is 0. The Bertz CT molecular complexity index is 1110. The number of aliphatic hydroxyl groups is 2. The number of benzene rings is 2. The Morgan fingerprint density at radius 1 is 1.08 bits per heavy atom. The topological polar surface area (TPSA) is 73.5 Å². The molecule has 0 spiro atoms. The number of rotatable bonds is 3. The van der Waals surface area contributed by atoms with Gasteiger partial charge in [0, 0.05) is 23.3 Å². The van der Waals surface area contributed by atoms with E-state index in [2.05, 4.69) is 33.7 Å². The molecule has 0 radical (unpaired) electrons. The number of para-hydroxylation sites is 2. The van der Waals surface area contributed by atoms with Crippen LogP contribution in [0, 0.1) is 0 Å². The van der Waals surface area contributed by atoms with Crippen LogP contribution in [0.1, 0.15) is 0 Å². The molecule has 0 aliphatic heterocycles. The molecule has 122 valence electrons. The average Bonchev–Trinajstić information content (AvgIpc) is 3.01. The molecule has 4 rings (SSSR count). The molecule has 0 bridgehead atoms. The molecule has 0 aliphatic carbocycles. The van der Waals surface area contributed by atoms with Gasteiger partial charge >= 0.3 is 0 Å². The number of aryl methyl sites for hydroxylation is 1. The van der Waals surface area contributed by atoms with Crippen molar-refractivity contribution < 1.29 is 10.2 Å². The van der Waals surface area contributed by atoms with Gasteiger partial charge in [-0.15, -0.1) is 0 Å². The molecule has 24 heavy (non-hydrogen) atoms. The Kier molecular flexibility index (Phi) is 3.59. The Morgan fingerprint density at radius 3 is 2.58 bits per heavy atom. The van der Waals surface area contributed by atoms with E-state index < -0.39 is 6.10 Å². The first-order valence-corrected chi connectivity index (χ1v) is 7.98. The van der Waals surface area contributed by atoms with Crippen molar-refractivity contribution in [1.29, 1.82) is 0 Å². The van der Waals surface area contributed by atoms with Gasteiger partial charge in [0.2, 0.25) is 0 Å². The molecule has 1 atom stereocenters. The van der Waals surface area contributed by atoms with Crippen molar-refractivity contribution in [3.63, 3.8) is 0 Å². The maximum Gasteiger partial charge on any atom is 0.0965 e. The van der Waals surface area contributed by atoms with Crippen molar-refractivity contribution in [3.8, 4) is 0 Å². The molecule has 5 heteroatoms. The Hall–Kier alpha value is -2.63. The first-order chi connectivity index (χ1) is 11.7. The first kappa shape index (κ1) is 14.9. The van der Waals surface area contributed by atoms with Crippen LogP contribution in [-0.2, 0) is 7.05 Å². The van der Waals surface area contributed by atoms with E-state index in [0.29, 0.717) is 0 Å². The molecule has 2 heterocycles. The second kappa shape index (κ2) is 5.78. The van der Waals surface area contributed by atoms with E-state index >= 15 is 0 Å². The van der Waals surface area contributed by atoms with Crippen LogP contribution >= 0.6 is 0 Å². The molecule has 5 nitrogen and oxygen atoms in total. The van der Waals surface area contributed by atoms with Crippen LogP contribution in [0.2, 0.25) is 0 Å². The molecule has 3 N–H and O–H groups in total. The van der Waals surface area contributed by atoms with Gasteiger partial charge in [-0.25, -0.2) is 0 Å². The molecule has 4 aromatic rings. The maximum atomic E-state index is 9.70. The summed E-state index contributed by atoms with van der Waals surface area (Å²) in [5, 5.41) is 21.8. The van der Waals surface area contributed by atoms with Gasteiger partial charge in [-0.1, -0.05) is 36.4 Å². The first-order valence-electron chi connectivity index (χ1n) is 7.98. The smallest absolute Gasteiger partial charge is 0.0965 e. The van der Waals surface area contributed by atoms with Gasteiger partial charge in [-0.2, -0.15) is 0 Å². The van der Waals surface area contributed by atoms with Gasteiger partial charge in [-0.3, -0.25) is 4.99 Å². The SMILES string of the molecule is Cn1c2ccccc2c(=NCC(O)CO)c2[nH]c3ccccc3c21. The monoisotopic (exact) mass is 321 g/mol. The van der Waals surface area contributed by atoms with E-state index in [1.54, 1.807) is 0 Å². The highest BCUT2D eigenvalue weighted by Crippen LogP contribution is 2.26. The standard InChI is InChI=1S/C19H19N3O2/c1-22-16-9-5-3-7-14(16)17(20-10-12(24)11-23)18-19(22)13-6-2-4-8-15(13)21-18/h2-9,12,21,23-24H,10-11H2,1H3. The number of hydrogen-bond donors (Lipinski definition) is 3. The molecule has 0 saturated carbocycles. The number of aliphatic hydroxyl groups excluding tert-OH is 2. The molecule has 0 saturated heterocycles. The Labute approximate surface area is 138 Å². The van der Waals surface area contributed by atoms with Crippen LogP contribution in [0.4, 0.5) is 0 Å². The Morgan fingerprint density at radius 2 is 1.79 bits per heavy atom. The second-order valence-corrected chi connectivity index (χ2v) is 6.00. The minimum Gasteiger partial charge on any atom is -0.394 e. The van der Waals surface area contributed by atoms with Gasteiger partial charge < -0.3 is 19.8 Å². The minimum atomic E-state index is -0.850. The minimum absolute atomic E-state index is 0.165. The van der Waals surface area contributed by atoms with E-state index in [1.807, 2.05) is 36.4 Å². The lowest BCUT2D eigenvalue weighted by molar-refractivity contribution is 0.102. The van der Waals surface area contributed by atoms with Crippen LogP contribution in [0.25, 0.3) is 32.8 Å². The molecule has 0 aliphatic rings. The lowest BCUT2D eigenvalue weighted by Gasteiger charge is -2.10. The number of hydrogen-bond acceptors (Lipinski definition) is 3. The van der Waals surface area contributed by atoms with Crippen molar-refractivity contribution in [3.05, 3.63) is 53.9 Å². The molecule has 0 amide bonds. The number of nitrogens with one attached hydrogen (secondary N) is 1. The zero-order valence-corrected chi connectivity index (χ0v) is 13.4. The molecular formula is C19H19N3O2. The van der Waals surface area contributed by atoms with E-state index in [9.17, 15) is 5.11 Å². The summed E-state index contributed by atoms with van der Waals surface area (Å²) in [6, 6.07) is 16.3. The number of aromatic amines is 1. The molecule has 2 aromatic carbocycles. The molecule has 2 aromatic heterocycles. The van der Waals surface area contributed by atoms with Crippen LogP contribution < -0.4 is 5.36 Å². The Balaban J connectivity index is 2.19. The number of fused-ring (bicyclic) bond motifs is 4. The van der Waals surface area contributed by atoms with Crippen molar-refractivity contribution in [2.24, 2.45) is 12.0 Å². The van der Waals surface area contributed by atoms with Gasteiger partial charge in [0.15, 0.2) is 0 Å². The van der Waals surface area contributed by atoms with E-state index in [4.69, 9.17) is 5.11 Å². The van der Waals surface area contributed by atoms with Crippen LogP contribution in [0.3, 0.4) is 0 Å². The van der Waals surface area contributed by atoms with Gasteiger partial charge in [0.1, 0.15) is 0 Å². The predicted molar refractivity (Wildman–Crippen MR) is 95.8 cm³/mol. The van der Waals surface area contributed by atoms with Gasteiger partial charge in [-0.05, 0) is 12.1 Å². The maximum absolute atomic E-state index is 9.70. The molecule has 0 fully saturated rings. The predicted octanol–water partition coefficient (Wildman–Crippen LogP) is 2.07. The highest BCUT2D eigenvalue weighted by atomic mass is 16.3. The van der Waals surface area contributed by atoms with Gasteiger partial charge in [0.25, 0.3) is 0 Å². The number of pyridine rings is 1. The summed E-state index contributed by atoms with van der Waals surface area (Å²) in [6.45, 7) is -0.128. The van der Waals surface area contributed by atoms with Crippen molar-refractivity contribution in [2.45, 2.75) is 6.10 Å². The molecular weight excluding hydrogens is 302 g/mol. The van der Waals surface area contributed by atoms with Crippen molar-refractivity contribution in [2.75, 3.05) is 13.2 Å². The highest BCUT2D eigenvalue weighted by molar-refractivity contribution is 6.08. The normalized spacial score (nSPS) is 14.0. The zero-order chi connectivity index (χ0) is 16.7. The number of H-pyrrole nitrogens is 1.